The Balaban J connectivity index is 1.29. The Morgan fingerprint density at radius 2 is 1.74 bits per heavy atom. The molecule has 1 aromatic heterocycles. The summed E-state index contributed by atoms with van der Waals surface area (Å²) < 4.78 is 38.2. The smallest absolute Gasteiger partial charge is 0.243 e. The molecule has 8 nitrogen and oxygen atoms in total. The predicted molar refractivity (Wildman–Crippen MR) is 133 cm³/mol. The van der Waals surface area contributed by atoms with Crippen molar-refractivity contribution in [3.63, 3.8) is 0 Å². The molecule has 1 amide bonds. The molecule has 1 saturated heterocycles. The number of anilines is 1. The fourth-order valence-electron chi connectivity index (χ4n) is 4.04. The molecule has 0 spiro atoms. The van der Waals surface area contributed by atoms with Crippen molar-refractivity contribution < 1.29 is 22.5 Å². The van der Waals surface area contributed by atoms with Crippen LogP contribution in [0.4, 0.5) is 5.69 Å². The number of hydrogen-bond acceptors (Lipinski definition) is 6. The van der Waals surface area contributed by atoms with Gasteiger partial charge in [-0.1, -0.05) is 24.2 Å². The molecule has 186 valence electrons. The third kappa shape index (κ3) is 6.10. The number of carbonyl (C=O) groups is 1. The van der Waals surface area contributed by atoms with Gasteiger partial charge in [-0.25, -0.2) is 8.42 Å². The van der Waals surface area contributed by atoms with Gasteiger partial charge in [-0.05, 0) is 74.6 Å². The van der Waals surface area contributed by atoms with E-state index >= 15 is 0 Å². The standard InChI is InChI=1S/C26H31N3O5S/c1-18-12-14-29(15-13-18)35(31,32)24-10-6-22(7-11-24)27-26(30)16-21-4-8-23(9-5-21)33-17-25-19(2)28-34-20(25)3/h4-11,18H,12-17H2,1-3H3,(H,27,30). The van der Waals surface area contributed by atoms with E-state index in [2.05, 4.69) is 17.4 Å². The molecular formula is C26H31N3O5S. The zero-order valence-corrected chi connectivity index (χ0v) is 21.1. The SMILES string of the molecule is Cc1noc(C)c1COc1ccc(CC(=O)Nc2ccc(S(=O)(=O)N3CCC(C)CC3)cc2)cc1. The van der Waals surface area contributed by atoms with Crippen LogP contribution in [0.15, 0.2) is 57.9 Å². The first-order valence-corrected chi connectivity index (χ1v) is 13.2. The van der Waals surface area contributed by atoms with Gasteiger partial charge in [0.2, 0.25) is 15.9 Å². The maximum atomic E-state index is 12.9. The summed E-state index contributed by atoms with van der Waals surface area (Å²) in [6, 6.07) is 13.7. The van der Waals surface area contributed by atoms with Gasteiger partial charge in [-0.15, -0.1) is 0 Å². The van der Waals surface area contributed by atoms with Gasteiger partial charge in [-0.2, -0.15) is 4.31 Å². The predicted octanol–water partition coefficient (Wildman–Crippen LogP) is 4.47. The number of ether oxygens (including phenoxy) is 1. The third-order valence-electron chi connectivity index (χ3n) is 6.37. The summed E-state index contributed by atoms with van der Waals surface area (Å²) >= 11 is 0. The van der Waals surface area contributed by atoms with Crippen molar-refractivity contribution in [2.24, 2.45) is 5.92 Å². The summed E-state index contributed by atoms with van der Waals surface area (Å²) in [6.45, 7) is 7.33. The van der Waals surface area contributed by atoms with Crippen LogP contribution in [0.5, 0.6) is 5.75 Å². The zero-order chi connectivity index (χ0) is 25.0. The number of aryl methyl sites for hydroxylation is 2. The Bertz CT molecular complexity index is 1240. The van der Waals surface area contributed by atoms with Crippen molar-refractivity contribution in [3.8, 4) is 5.75 Å². The molecule has 1 fully saturated rings. The van der Waals surface area contributed by atoms with Crippen molar-refractivity contribution in [2.75, 3.05) is 18.4 Å². The van der Waals surface area contributed by atoms with Gasteiger partial charge in [0, 0.05) is 18.8 Å². The maximum absolute atomic E-state index is 12.9. The average molecular weight is 498 g/mol. The summed E-state index contributed by atoms with van der Waals surface area (Å²) in [5, 5.41) is 6.75. The van der Waals surface area contributed by atoms with E-state index < -0.39 is 10.0 Å². The molecule has 0 unspecified atom stereocenters. The lowest BCUT2D eigenvalue weighted by Gasteiger charge is -2.29. The minimum absolute atomic E-state index is 0.185. The van der Waals surface area contributed by atoms with Crippen LogP contribution < -0.4 is 10.1 Å². The summed E-state index contributed by atoms with van der Waals surface area (Å²) in [5.74, 6) is 1.79. The van der Waals surface area contributed by atoms with Gasteiger partial charge in [-0.3, -0.25) is 4.79 Å². The Labute approximate surface area is 206 Å². The van der Waals surface area contributed by atoms with Gasteiger partial charge in [0.05, 0.1) is 22.6 Å². The van der Waals surface area contributed by atoms with Gasteiger partial charge in [0.1, 0.15) is 18.1 Å². The number of nitrogens with zero attached hydrogens (tertiary/aromatic N) is 2. The molecule has 1 aliphatic rings. The lowest BCUT2D eigenvalue weighted by Crippen LogP contribution is -2.37. The quantitative estimate of drug-likeness (QED) is 0.493. The second kappa shape index (κ2) is 10.6. The number of amides is 1. The van der Waals surface area contributed by atoms with Gasteiger partial charge in [0.25, 0.3) is 0 Å². The van der Waals surface area contributed by atoms with Crippen LogP contribution in [-0.4, -0.2) is 36.9 Å². The maximum Gasteiger partial charge on any atom is 0.243 e. The van der Waals surface area contributed by atoms with Crippen molar-refractivity contribution in [1.82, 2.24) is 9.46 Å². The molecule has 0 saturated carbocycles. The Morgan fingerprint density at radius 3 is 2.34 bits per heavy atom. The van der Waals surface area contributed by atoms with Crippen molar-refractivity contribution in [2.45, 2.75) is 51.5 Å². The molecule has 0 aliphatic carbocycles. The minimum Gasteiger partial charge on any atom is -0.489 e. The molecule has 35 heavy (non-hydrogen) atoms. The fraction of sp³-hybridized carbons (Fsp3) is 0.385. The third-order valence-corrected chi connectivity index (χ3v) is 8.28. The Kier molecular flexibility index (Phi) is 7.57. The van der Waals surface area contributed by atoms with Crippen LogP contribution in [0.2, 0.25) is 0 Å². The fourth-order valence-corrected chi connectivity index (χ4v) is 5.51. The number of benzene rings is 2. The molecule has 1 aliphatic heterocycles. The highest BCUT2D eigenvalue weighted by Crippen LogP contribution is 2.24. The highest BCUT2D eigenvalue weighted by atomic mass is 32.2. The Morgan fingerprint density at radius 1 is 1.09 bits per heavy atom. The molecule has 2 heterocycles. The molecule has 0 radical (unpaired) electrons. The van der Waals surface area contributed by atoms with Crippen LogP contribution >= 0.6 is 0 Å². The zero-order valence-electron chi connectivity index (χ0n) is 20.3. The molecule has 0 bridgehead atoms. The number of sulfonamides is 1. The van der Waals surface area contributed by atoms with E-state index in [1.807, 2.05) is 38.1 Å². The van der Waals surface area contributed by atoms with Gasteiger partial charge in [0.15, 0.2) is 0 Å². The average Bonchev–Trinajstić information content (AvgIpc) is 3.16. The van der Waals surface area contributed by atoms with Crippen LogP contribution in [0, 0.1) is 19.8 Å². The first-order chi connectivity index (χ1) is 16.7. The first-order valence-electron chi connectivity index (χ1n) is 11.8. The van der Waals surface area contributed by atoms with Crippen LogP contribution in [0.1, 0.15) is 42.3 Å². The second-order valence-electron chi connectivity index (χ2n) is 9.07. The number of piperidine rings is 1. The van der Waals surface area contributed by atoms with Crippen molar-refractivity contribution >= 4 is 21.6 Å². The van der Waals surface area contributed by atoms with E-state index in [1.54, 1.807) is 28.6 Å². The molecule has 3 aromatic rings. The van der Waals surface area contributed by atoms with Crippen LogP contribution in [0.3, 0.4) is 0 Å². The normalized spacial score (nSPS) is 15.2. The van der Waals surface area contributed by atoms with Crippen molar-refractivity contribution in [3.05, 3.63) is 71.1 Å². The van der Waals surface area contributed by atoms with E-state index in [0.29, 0.717) is 37.1 Å². The lowest BCUT2D eigenvalue weighted by atomic mass is 10.0. The van der Waals surface area contributed by atoms with Crippen LogP contribution in [0.25, 0.3) is 0 Å². The molecule has 0 atom stereocenters. The second-order valence-corrected chi connectivity index (χ2v) is 11.0. The summed E-state index contributed by atoms with van der Waals surface area (Å²) in [7, 11) is -3.51. The molecular weight excluding hydrogens is 466 g/mol. The van der Waals surface area contributed by atoms with Gasteiger partial charge >= 0.3 is 0 Å². The molecule has 1 N–H and O–H groups in total. The van der Waals surface area contributed by atoms with E-state index in [0.717, 1.165) is 35.4 Å². The first kappa shape index (κ1) is 24.9. The number of rotatable bonds is 8. The number of carbonyl (C=O) groups excluding carboxylic acids is 1. The van der Waals surface area contributed by atoms with E-state index in [1.165, 1.54) is 0 Å². The molecule has 2 aromatic carbocycles. The monoisotopic (exact) mass is 497 g/mol. The van der Waals surface area contributed by atoms with E-state index in [4.69, 9.17) is 9.26 Å². The number of hydrogen-bond donors (Lipinski definition) is 1. The van der Waals surface area contributed by atoms with E-state index in [9.17, 15) is 13.2 Å². The molecule has 9 heteroatoms. The Hall–Kier alpha value is -3.17. The largest absolute Gasteiger partial charge is 0.489 e. The summed E-state index contributed by atoms with van der Waals surface area (Å²) in [6.07, 6.45) is 1.94. The van der Waals surface area contributed by atoms with Crippen molar-refractivity contribution in [1.29, 1.82) is 0 Å². The minimum atomic E-state index is -3.51. The van der Waals surface area contributed by atoms with Gasteiger partial charge < -0.3 is 14.6 Å². The number of nitrogens with one attached hydrogen (secondary N) is 1. The topological polar surface area (TPSA) is 102 Å². The summed E-state index contributed by atoms with van der Waals surface area (Å²) in [5.41, 5.74) is 3.13. The van der Waals surface area contributed by atoms with E-state index in [-0.39, 0.29) is 17.2 Å². The highest BCUT2D eigenvalue weighted by Gasteiger charge is 2.27. The number of aromatic nitrogens is 1. The summed E-state index contributed by atoms with van der Waals surface area (Å²) in [4.78, 5) is 12.7. The highest BCUT2D eigenvalue weighted by molar-refractivity contribution is 7.89. The lowest BCUT2D eigenvalue weighted by molar-refractivity contribution is -0.115. The molecule has 4 rings (SSSR count). The van der Waals surface area contributed by atoms with Crippen LogP contribution in [-0.2, 0) is 27.8 Å².